The number of rotatable bonds is 4. The molecule has 0 radical (unpaired) electrons. The summed E-state index contributed by atoms with van der Waals surface area (Å²) in [5, 5.41) is 24.5. The minimum Gasteiger partial charge on any atom is -0.422 e. The number of anilines is 1. The predicted molar refractivity (Wildman–Crippen MR) is 112 cm³/mol. The molecule has 2 amide bonds. The molecule has 1 N–H and O–H groups in total. The molecule has 1 aliphatic rings. The summed E-state index contributed by atoms with van der Waals surface area (Å²) in [4.78, 5) is 19.1. The molecule has 1 fully saturated rings. The fraction of sp³-hybridized carbons (Fsp3) is 0.400. The molecule has 0 aliphatic carbocycles. The summed E-state index contributed by atoms with van der Waals surface area (Å²) in [6.07, 6.45) is 3.19. The van der Waals surface area contributed by atoms with Crippen molar-refractivity contribution in [3.63, 3.8) is 0 Å². The van der Waals surface area contributed by atoms with Crippen LogP contribution >= 0.6 is 11.6 Å². The van der Waals surface area contributed by atoms with Gasteiger partial charge in [0, 0.05) is 24.8 Å². The number of aryl methyl sites for hydroxylation is 1. The molecule has 0 saturated carbocycles. The van der Waals surface area contributed by atoms with Gasteiger partial charge in [-0.2, -0.15) is 10.4 Å². The van der Waals surface area contributed by atoms with E-state index in [0.29, 0.717) is 46.9 Å². The van der Waals surface area contributed by atoms with Crippen LogP contribution in [0.15, 0.2) is 28.9 Å². The topological polar surface area (TPSA) is 126 Å². The van der Waals surface area contributed by atoms with E-state index in [1.54, 1.807) is 41.2 Å². The third-order valence-corrected chi connectivity index (χ3v) is 5.51. The zero-order valence-corrected chi connectivity index (χ0v) is 17.9. The molecule has 11 heteroatoms. The van der Waals surface area contributed by atoms with E-state index in [1.807, 2.05) is 6.07 Å². The van der Waals surface area contributed by atoms with Crippen LogP contribution in [0.3, 0.4) is 0 Å². The van der Waals surface area contributed by atoms with Crippen molar-refractivity contribution in [3.05, 3.63) is 41.3 Å². The number of nitriles is 1. The third kappa shape index (κ3) is 4.51. The first-order chi connectivity index (χ1) is 14.9. The van der Waals surface area contributed by atoms with Crippen molar-refractivity contribution in [3.8, 4) is 17.5 Å². The van der Waals surface area contributed by atoms with E-state index in [9.17, 15) is 4.79 Å². The van der Waals surface area contributed by atoms with Gasteiger partial charge in [0.25, 0.3) is 0 Å². The Bertz CT molecular complexity index is 1130. The molecule has 4 rings (SSSR count). The summed E-state index contributed by atoms with van der Waals surface area (Å²) in [5.74, 6) is 1.48. The third-order valence-electron chi connectivity index (χ3n) is 5.18. The zero-order chi connectivity index (χ0) is 22.0. The van der Waals surface area contributed by atoms with Crippen molar-refractivity contribution in [1.29, 1.82) is 5.26 Å². The number of hydrogen-bond acceptors (Lipinski definition) is 7. The molecule has 2 atom stereocenters. The summed E-state index contributed by atoms with van der Waals surface area (Å²) in [5.41, 5.74) is 1.20. The molecule has 1 unspecified atom stereocenters. The predicted octanol–water partition coefficient (Wildman–Crippen LogP) is 3.59. The van der Waals surface area contributed by atoms with Crippen molar-refractivity contribution in [2.75, 3.05) is 11.9 Å². The Kier molecular flexibility index (Phi) is 5.86. The Hall–Kier alpha value is -3.45. The van der Waals surface area contributed by atoms with E-state index in [1.165, 1.54) is 0 Å². The van der Waals surface area contributed by atoms with E-state index in [-0.39, 0.29) is 24.4 Å². The Labute approximate surface area is 183 Å². The largest absolute Gasteiger partial charge is 0.422 e. The average Bonchev–Trinajstić information content (AvgIpc) is 3.38. The number of nitrogens with one attached hydrogen (secondary N) is 1. The van der Waals surface area contributed by atoms with Gasteiger partial charge in [-0.15, -0.1) is 10.2 Å². The number of halogens is 1. The maximum absolute atomic E-state index is 13.1. The van der Waals surface area contributed by atoms with Crippen LogP contribution in [0.4, 0.5) is 10.5 Å². The van der Waals surface area contributed by atoms with Crippen LogP contribution in [-0.2, 0) is 13.5 Å². The second kappa shape index (κ2) is 8.73. The van der Waals surface area contributed by atoms with E-state index >= 15 is 0 Å². The standard InChI is InChI=1S/C20H21ClN8O2/c1-12-6-8-29(16(9-12)19-26-25-17(31-19)5-7-22)20(30)24-13-3-4-15(21)14(10-13)18-23-11-28(2)27-18/h3-4,10-12,16H,5-6,8-9H2,1-2H3,(H,24,30)/t12-,16?/m0/s1. The van der Waals surface area contributed by atoms with Gasteiger partial charge in [-0.25, -0.2) is 9.78 Å². The zero-order valence-electron chi connectivity index (χ0n) is 17.1. The van der Waals surface area contributed by atoms with Gasteiger partial charge >= 0.3 is 6.03 Å². The molecule has 1 saturated heterocycles. The minimum atomic E-state index is -0.354. The lowest BCUT2D eigenvalue weighted by Gasteiger charge is -2.36. The van der Waals surface area contributed by atoms with Crippen LogP contribution in [0, 0.1) is 17.2 Å². The lowest BCUT2D eigenvalue weighted by atomic mass is 9.92. The fourth-order valence-electron chi connectivity index (χ4n) is 3.59. The first kappa shape index (κ1) is 20.8. The minimum absolute atomic E-state index is 0.0383. The second-order valence-electron chi connectivity index (χ2n) is 7.57. The number of likely N-dealkylation sites (tertiary alicyclic amines) is 1. The highest BCUT2D eigenvalue weighted by atomic mass is 35.5. The first-order valence-electron chi connectivity index (χ1n) is 9.87. The van der Waals surface area contributed by atoms with Gasteiger partial charge in [0.15, 0.2) is 5.82 Å². The first-order valence-corrected chi connectivity index (χ1v) is 10.2. The van der Waals surface area contributed by atoms with E-state index in [2.05, 4.69) is 32.5 Å². The maximum Gasteiger partial charge on any atom is 0.322 e. The van der Waals surface area contributed by atoms with E-state index < -0.39 is 0 Å². The lowest BCUT2D eigenvalue weighted by molar-refractivity contribution is 0.125. The van der Waals surface area contributed by atoms with Gasteiger partial charge in [-0.3, -0.25) is 4.68 Å². The van der Waals surface area contributed by atoms with Crippen molar-refractivity contribution >= 4 is 23.3 Å². The molecule has 0 spiro atoms. The van der Waals surface area contributed by atoms with Crippen LogP contribution in [0.5, 0.6) is 0 Å². The normalized spacial score (nSPS) is 18.6. The molecule has 160 valence electrons. The van der Waals surface area contributed by atoms with E-state index in [0.717, 1.165) is 6.42 Å². The lowest BCUT2D eigenvalue weighted by Crippen LogP contribution is -2.43. The molecule has 3 heterocycles. The smallest absolute Gasteiger partial charge is 0.322 e. The summed E-state index contributed by atoms with van der Waals surface area (Å²) >= 11 is 6.31. The van der Waals surface area contributed by atoms with Crippen LogP contribution in [0.1, 0.15) is 37.6 Å². The number of urea groups is 1. The molecule has 3 aromatic rings. The molecule has 0 bridgehead atoms. The van der Waals surface area contributed by atoms with Gasteiger partial charge in [0.05, 0.1) is 11.1 Å². The Morgan fingerprint density at radius 3 is 3.00 bits per heavy atom. The Morgan fingerprint density at radius 1 is 1.42 bits per heavy atom. The average molecular weight is 441 g/mol. The van der Waals surface area contributed by atoms with Crippen molar-refractivity contribution in [1.82, 2.24) is 29.9 Å². The number of carbonyl (C=O) groups excluding carboxylic acids is 1. The van der Waals surface area contributed by atoms with E-state index in [4.69, 9.17) is 21.3 Å². The molecule has 10 nitrogen and oxygen atoms in total. The van der Waals surface area contributed by atoms with Crippen LogP contribution in [0.25, 0.3) is 11.4 Å². The highest BCUT2D eigenvalue weighted by Gasteiger charge is 2.35. The van der Waals surface area contributed by atoms with Crippen molar-refractivity contribution in [2.45, 2.75) is 32.2 Å². The number of carbonyl (C=O) groups is 1. The van der Waals surface area contributed by atoms with Gasteiger partial charge in [-0.05, 0) is 37.0 Å². The number of nitrogens with zero attached hydrogens (tertiary/aromatic N) is 7. The van der Waals surface area contributed by atoms with Crippen molar-refractivity contribution < 1.29 is 9.21 Å². The summed E-state index contributed by atoms with van der Waals surface area (Å²) in [6.45, 7) is 2.68. The molecular formula is C20H21ClN8O2. The fourth-order valence-corrected chi connectivity index (χ4v) is 3.79. The number of amides is 2. The number of piperidine rings is 1. The SMILES string of the molecule is C[C@H]1CCN(C(=O)Nc2ccc(Cl)c(-c3ncn(C)n3)c2)C(c2nnc(CC#N)o2)C1. The highest BCUT2D eigenvalue weighted by Crippen LogP contribution is 2.34. The second-order valence-corrected chi connectivity index (χ2v) is 7.98. The number of hydrogen-bond donors (Lipinski definition) is 1. The molecular weight excluding hydrogens is 420 g/mol. The number of aromatic nitrogens is 5. The van der Waals surface area contributed by atoms with Crippen LogP contribution in [-0.4, -0.2) is 42.4 Å². The summed E-state index contributed by atoms with van der Waals surface area (Å²) < 4.78 is 7.22. The van der Waals surface area contributed by atoms with Gasteiger partial charge in [0.2, 0.25) is 11.8 Å². The highest BCUT2D eigenvalue weighted by molar-refractivity contribution is 6.33. The number of benzene rings is 1. The summed E-state index contributed by atoms with van der Waals surface area (Å²) in [6, 6.07) is 6.53. The monoisotopic (exact) mass is 440 g/mol. The molecule has 1 aliphatic heterocycles. The molecule has 31 heavy (non-hydrogen) atoms. The summed E-state index contributed by atoms with van der Waals surface area (Å²) in [7, 11) is 1.77. The van der Waals surface area contributed by atoms with Gasteiger partial charge in [0.1, 0.15) is 18.8 Å². The molecule has 1 aromatic carbocycles. The van der Waals surface area contributed by atoms with Crippen LogP contribution in [0.2, 0.25) is 5.02 Å². The van der Waals surface area contributed by atoms with Gasteiger partial charge < -0.3 is 14.6 Å². The maximum atomic E-state index is 13.1. The Morgan fingerprint density at radius 2 is 2.26 bits per heavy atom. The molecule has 2 aromatic heterocycles. The van der Waals surface area contributed by atoms with Crippen molar-refractivity contribution in [2.24, 2.45) is 13.0 Å². The van der Waals surface area contributed by atoms with Gasteiger partial charge in [-0.1, -0.05) is 18.5 Å². The van der Waals surface area contributed by atoms with Crippen LogP contribution < -0.4 is 5.32 Å². The Balaban J connectivity index is 1.55. The quantitative estimate of drug-likeness (QED) is 0.656.